The number of aldehydes is 1. The summed E-state index contributed by atoms with van der Waals surface area (Å²) in [5.74, 6) is 1.37. The maximum atomic E-state index is 12.1. The topological polar surface area (TPSA) is 64.6 Å². The second-order valence-electron chi connectivity index (χ2n) is 6.39. The summed E-state index contributed by atoms with van der Waals surface area (Å²) >= 11 is 0. The third-order valence-electron chi connectivity index (χ3n) is 4.40. The summed E-state index contributed by atoms with van der Waals surface area (Å²) in [6, 6.07) is 5.26. The summed E-state index contributed by atoms with van der Waals surface area (Å²) in [5.41, 5.74) is 0.415. The van der Waals surface area contributed by atoms with Gasteiger partial charge in [-0.2, -0.15) is 0 Å². The van der Waals surface area contributed by atoms with Crippen LogP contribution in [0.4, 0.5) is 0 Å². The Kier molecular flexibility index (Phi) is 7.09. The molecule has 2 rings (SSSR count). The van der Waals surface area contributed by atoms with Crippen molar-refractivity contribution in [1.82, 2.24) is 5.32 Å². The molecule has 1 N–H and O–H groups in total. The monoisotopic (exact) mass is 333 g/mol. The van der Waals surface area contributed by atoms with Crippen LogP contribution >= 0.6 is 0 Å². The number of hydrogen-bond acceptors (Lipinski definition) is 4. The van der Waals surface area contributed by atoms with Crippen LogP contribution < -0.4 is 14.8 Å². The van der Waals surface area contributed by atoms with Crippen LogP contribution in [0.1, 0.15) is 56.3 Å². The van der Waals surface area contributed by atoms with Gasteiger partial charge in [-0.1, -0.05) is 26.7 Å². The van der Waals surface area contributed by atoms with Crippen LogP contribution in [0.15, 0.2) is 18.2 Å². The maximum absolute atomic E-state index is 12.1. The van der Waals surface area contributed by atoms with E-state index in [0.29, 0.717) is 29.6 Å². The third kappa shape index (κ3) is 5.25. The lowest BCUT2D eigenvalue weighted by molar-refractivity contribution is -0.124. The zero-order valence-corrected chi connectivity index (χ0v) is 14.5. The van der Waals surface area contributed by atoms with Gasteiger partial charge < -0.3 is 14.8 Å². The van der Waals surface area contributed by atoms with E-state index in [9.17, 15) is 9.59 Å². The van der Waals surface area contributed by atoms with E-state index >= 15 is 0 Å². The van der Waals surface area contributed by atoms with Crippen molar-refractivity contribution < 1.29 is 19.1 Å². The van der Waals surface area contributed by atoms with Gasteiger partial charge in [0.25, 0.3) is 5.91 Å². The lowest BCUT2D eigenvalue weighted by Crippen LogP contribution is -2.43. The SMILES string of the molecule is CCCOc1ccc(C=O)c(OCC(=O)N[C@H]2CCCC[C@H]2C)c1. The fourth-order valence-electron chi connectivity index (χ4n) is 2.97. The molecule has 5 heteroatoms. The van der Waals surface area contributed by atoms with Crippen LogP contribution in [0.25, 0.3) is 0 Å². The van der Waals surface area contributed by atoms with E-state index in [1.54, 1.807) is 18.2 Å². The molecular formula is C19H27NO4. The average molecular weight is 333 g/mol. The molecule has 24 heavy (non-hydrogen) atoms. The Morgan fingerprint density at radius 1 is 1.29 bits per heavy atom. The predicted molar refractivity (Wildman–Crippen MR) is 92.7 cm³/mol. The van der Waals surface area contributed by atoms with Gasteiger partial charge in [0.05, 0.1) is 12.2 Å². The van der Waals surface area contributed by atoms with Gasteiger partial charge in [0.2, 0.25) is 0 Å². The van der Waals surface area contributed by atoms with Crippen LogP contribution in [0.2, 0.25) is 0 Å². The lowest BCUT2D eigenvalue weighted by Gasteiger charge is -2.29. The molecule has 1 aromatic rings. The van der Waals surface area contributed by atoms with E-state index in [1.165, 1.54) is 6.42 Å². The molecule has 2 atom stereocenters. The molecule has 0 heterocycles. The minimum absolute atomic E-state index is 0.0959. The Balaban J connectivity index is 1.91. The number of rotatable bonds is 8. The standard InChI is InChI=1S/C19H27NO4/c1-3-10-23-16-9-8-15(12-21)18(11-16)24-13-19(22)20-17-7-5-4-6-14(17)2/h8-9,11-12,14,17H,3-7,10,13H2,1-2H3,(H,20,22)/t14-,17+/m1/s1. The molecule has 0 saturated heterocycles. The minimum Gasteiger partial charge on any atom is -0.493 e. The zero-order chi connectivity index (χ0) is 17.4. The first kappa shape index (κ1) is 18.3. The first-order valence-electron chi connectivity index (χ1n) is 8.78. The Labute approximate surface area is 143 Å². The van der Waals surface area contributed by atoms with E-state index in [0.717, 1.165) is 32.0 Å². The Bertz CT molecular complexity index is 558. The Morgan fingerprint density at radius 2 is 2.08 bits per heavy atom. The van der Waals surface area contributed by atoms with Gasteiger partial charge in [-0.15, -0.1) is 0 Å². The van der Waals surface area contributed by atoms with Gasteiger partial charge in [-0.3, -0.25) is 9.59 Å². The van der Waals surface area contributed by atoms with Gasteiger partial charge in [-0.05, 0) is 37.3 Å². The third-order valence-corrected chi connectivity index (χ3v) is 4.40. The second kappa shape index (κ2) is 9.30. The molecule has 5 nitrogen and oxygen atoms in total. The predicted octanol–water partition coefficient (Wildman–Crippen LogP) is 3.36. The van der Waals surface area contributed by atoms with Crippen molar-refractivity contribution in [2.75, 3.05) is 13.2 Å². The van der Waals surface area contributed by atoms with E-state index in [4.69, 9.17) is 9.47 Å². The molecule has 1 amide bonds. The molecule has 132 valence electrons. The highest BCUT2D eigenvalue weighted by Gasteiger charge is 2.23. The van der Waals surface area contributed by atoms with Gasteiger partial charge in [0.1, 0.15) is 11.5 Å². The van der Waals surface area contributed by atoms with E-state index in [2.05, 4.69) is 12.2 Å². The smallest absolute Gasteiger partial charge is 0.258 e. The molecule has 1 aliphatic carbocycles. The summed E-state index contributed by atoms with van der Waals surface area (Å²) in [4.78, 5) is 23.3. The highest BCUT2D eigenvalue weighted by Crippen LogP contribution is 2.25. The molecule has 0 aromatic heterocycles. The van der Waals surface area contributed by atoms with Crippen molar-refractivity contribution >= 4 is 12.2 Å². The minimum atomic E-state index is -0.148. The number of ether oxygens (including phenoxy) is 2. The number of carbonyl (C=O) groups is 2. The highest BCUT2D eigenvalue weighted by molar-refractivity contribution is 5.81. The number of benzene rings is 1. The van der Waals surface area contributed by atoms with Gasteiger partial charge in [0.15, 0.2) is 12.9 Å². The zero-order valence-electron chi connectivity index (χ0n) is 14.5. The number of nitrogens with one attached hydrogen (secondary N) is 1. The van der Waals surface area contributed by atoms with Crippen molar-refractivity contribution in [1.29, 1.82) is 0 Å². The molecular weight excluding hydrogens is 306 g/mol. The molecule has 0 aliphatic heterocycles. The van der Waals surface area contributed by atoms with Gasteiger partial charge >= 0.3 is 0 Å². The molecule has 1 aliphatic rings. The van der Waals surface area contributed by atoms with Crippen molar-refractivity contribution in [3.63, 3.8) is 0 Å². The molecule has 0 spiro atoms. The summed E-state index contributed by atoms with van der Waals surface area (Å²) < 4.78 is 11.1. The second-order valence-corrected chi connectivity index (χ2v) is 6.39. The molecule has 1 aromatic carbocycles. The Morgan fingerprint density at radius 3 is 2.79 bits per heavy atom. The van der Waals surface area contributed by atoms with Crippen LogP contribution in [0.5, 0.6) is 11.5 Å². The lowest BCUT2D eigenvalue weighted by atomic mass is 9.86. The van der Waals surface area contributed by atoms with Crippen LogP contribution in [-0.4, -0.2) is 31.4 Å². The first-order chi connectivity index (χ1) is 11.6. The first-order valence-corrected chi connectivity index (χ1v) is 8.78. The molecule has 1 saturated carbocycles. The molecule has 1 fully saturated rings. The summed E-state index contributed by atoms with van der Waals surface area (Å²) in [7, 11) is 0. The Hall–Kier alpha value is -2.04. The van der Waals surface area contributed by atoms with E-state index < -0.39 is 0 Å². The molecule has 0 bridgehead atoms. The van der Waals surface area contributed by atoms with Crippen molar-refractivity contribution in [2.24, 2.45) is 5.92 Å². The summed E-state index contributed by atoms with van der Waals surface area (Å²) in [5, 5.41) is 3.04. The highest BCUT2D eigenvalue weighted by atomic mass is 16.5. The van der Waals surface area contributed by atoms with Crippen molar-refractivity contribution in [2.45, 2.75) is 52.0 Å². The van der Waals surface area contributed by atoms with Crippen molar-refractivity contribution in [3.8, 4) is 11.5 Å². The quantitative estimate of drug-likeness (QED) is 0.741. The number of carbonyl (C=O) groups excluding carboxylic acids is 2. The van der Waals surface area contributed by atoms with E-state index in [-0.39, 0.29) is 18.6 Å². The van der Waals surface area contributed by atoms with Gasteiger partial charge in [-0.25, -0.2) is 0 Å². The molecule has 0 radical (unpaired) electrons. The number of hydrogen-bond donors (Lipinski definition) is 1. The number of amides is 1. The van der Waals surface area contributed by atoms with Crippen LogP contribution in [0.3, 0.4) is 0 Å². The average Bonchev–Trinajstić information content (AvgIpc) is 2.60. The maximum Gasteiger partial charge on any atom is 0.258 e. The normalized spacial score (nSPS) is 20.2. The fourth-order valence-corrected chi connectivity index (χ4v) is 2.97. The molecule has 0 unspecified atom stereocenters. The van der Waals surface area contributed by atoms with Crippen LogP contribution in [-0.2, 0) is 4.79 Å². The summed E-state index contributed by atoms with van der Waals surface area (Å²) in [6.45, 7) is 4.69. The fraction of sp³-hybridized carbons (Fsp3) is 0.579. The van der Waals surface area contributed by atoms with Crippen molar-refractivity contribution in [3.05, 3.63) is 23.8 Å². The van der Waals surface area contributed by atoms with Gasteiger partial charge in [0, 0.05) is 12.1 Å². The van der Waals surface area contributed by atoms with E-state index in [1.807, 2.05) is 6.92 Å². The largest absolute Gasteiger partial charge is 0.493 e. The summed E-state index contributed by atoms with van der Waals surface area (Å²) in [6.07, 6.45) is 6.18. The van der Waals surface area contributed by atoms with Crippen LogP contribution in [0, 0.1) is 5.92 Å².